The molecule has 0 unspecified atom stereocenters. The van der Waals surface area contributed by atoms with Gasteiger partial charge in [-0.2, -0.15) is 0 Å². The van der Waals surface area contributed by atoms with Crippen molar-refractivity contribution < 1.29 is 0 Å². The van der Waals surface area contributed by atoms with Crippen LogP contribution in [0.3, 0.4) is 0 Å². The number of hydrogen-bond acceptors (Lipinski definition) is 1. The summed E-state index contributed by atoms with van der Waals surface area (Å²) in [6.45, 7) is 1.98. The molecule has 0 saturated carbocycles. The highest BCUT2D eigenvalue weighted by Crippen LogP contribution is 2.20. The third kappa shape index (κ3) is 3.12. The molecule has 1 nitrogen and oxygen atoms in total. The summed E-state index contributed by atoms with van der Waals surface area (Å²) in [5.41, 5.74) is 5.63. The molecule has 0 saturated heterocycles. The van der Waals surface area contributed by atoms with Crippen LogP contribution in [0, 0.1) is 0 Å². The van der Waals surface area contributed by atoms with Gasteiger partial charge in [0.2, 0.25) is 0 Å². The van der Waals surface area contributed by atoms with Crippen LogP contribution in [0.1, 0.15) is 22.3 Å². The predicted molar refractivity (Wildman–Crippen MR) is 81.0 cm³/mol. The summed E-state index contributed by atoms with van der Waals surface area (Å²) in [6.07, 6.45) is 6.66. The lowest BCUT2D eigenvalue weighted by molar-refractivity contribution is 0.687. The predicted octanol–water partition coefficient (Wildman–Crippen LogP) is 3.59. The molecule has 1 aliphatic rings. The van der Waals surface area contributed by atoms with Crippen molar-refractivity contribution >= 4 is 6.08 Å². The third-order valence-corrected chi connectivity index (χ3v) is 3.61. The molecule has 0 radical (unpaired) electrons. The molecule has 0 aromatic heterocycles. The third-order valence-electron chi connectivity index (χ3n) is 3.61. The molecule has 2 aromatic carbocycles. The highest BCUT2D eigenvalue weighted by atomic mass is 14.8. The Morgan fingerprint density at radius 1 is 0.947 bits per heavy atom. The normalized spacial score (nSPS) is 12.6. The van der Waals surface area contributed by atoms with Crippen molar-refractivity contribution in [3.63, 3.8) is 0 Å². The highest BCUT2D eigenvalue weighted by molar-refractivity contribution is 5.60. The lowest BCUT2D eigenvalue weighted by Crippen LogP contribution is -2.16. The van der Waals surface area contributed by atoms with E-state index in [4.69, 9.17) is 0 Å². The summed E-state index contributed by atoms with van der Waals surface area (Å²) >= 11 is 0. The van der Waals surface area contributed by atoms with Crippen molar-refractivity contribution in [3.05, 3.63) is 76.9 Å². The van der Waals surface area contributed by atoms with Gasteiger partial charge in [0.1, 0.15) is 0 Å². The van der Waals surface area contributed by atoms with Crippen LogP contribution < -0.4 is 5.32 Å². The van der Waals surface area contributed by atoms with Gasteiger partial charge in [-0.25, -0.2) is 0 Å². The summed E-state index contributed by atoms with van der Waals surface area (Å²) in [6, 6.07) is 17.4. The Labute approximate surface area is 115 Å². The standard InChI is InChI=1S/C18H19N/c1-2-5-16(6-3-1)14-19-12-11-15-9-10-17-7-4-8-18(17)13-15/h1-6,8-10,13,19H,7,11-12,14H2. The van der Waals surface area contributed by atoms with Gasteiger partial charge < -0.3 is 5.32 Å². The minimum absolute atomic E-state index is 0.950. The second-order valence-electron chi connectivity index (χ2n) is 5.05. The first kappa shape index (κ1) is 12.2. The van der Waals surface area contributed by atoms with Crippen LogP contribution in [-0.2, 0) is 19.4 Å². The average molecular weight is 249 g/mol. The van der Waals surface area contributed by atoms with Crippen molar-refractivity contribution in [1.29, 1.82) is 0 Å². The molecule has 0 spiro atoms. The van der Waals surface area contributed by atoms with Crippen molar-refractivity contribution in [2.24, 2.45) is 0 Å². The van der Waals surface area contributed by atoms with E-state index in [9.17, 15) is 0 Å². The van der Waals surface area contributed by atoms with E-state index in [1.165, 1.54) is 22.3 Å². The summed E-state index contributed by atoms with van der Waals surface area (Å²) in [7, 11) is 0. The summed E-state index contributed by atoms with van der Waals surface area (Å²) in [4.78, 5) is 0. The zero-order chi connectivity index (χ0) is 12.9. The molecular weight excluding hydrogens is 230 g/mol. The Morgan fingerprint density at radius 3 is 2.74 bits per heavy atom. The molecule has 0 bridgehead atoms. The maximum absolute atomic E-state index is 3.50. The van der Waals surface area contributed by atoms with Gasteiger partial charge in [0.25, 0.3) is 0 Å². The van der Waals surface area contributed by atoms with Crippen LogP contribution in [0.5, 0.6) is 0 Å². The highest BCUT2D eigenvalue weighted by Gasteiger charge is 2.05. The van der Waals surface area contributed by atoms with E-state index in [-0.39, 0.29) is 0 Å². The van der Waals surface area contributed by atoms with Gasteiger partial charge in [0.05, 0.1) is 0 Å². The summed E-state index contributed by atoms with van der Waals surface area (Å²) in [5.74, 6) is 0. The molecule has 96 valence electrons. The number of rotatable bonds is 5. The molecule has 1 heteroatoms. The lowest BCUT2D eigenvalue weighted by atomic mass is 10.0. The fraction of sp³-hybridized carbons (Fsp3) is 0.222. The molecular formula is C18H19N. The Kier molecular flexibility index (Phi) is 3.75. The molecule has 0 atom stereocenters. The number of allylic oxidation sites excluding steroid dienone is 1. The van der Waals surface area contributed by atoms with Gasteiger partial charge in [-0.05, 0) is 41.6 Å². The van der Waals surface area contributed by atoms with E-state index < -0.39 is 0 Å². The van der Waals surface area contributed by atoms with Gasteiger partial charge in [-0.15, -0.1) is 0 Å². The zero-order valence-corrected chi connectivity index (χ0v) is 11.1. The van der Waals surface area contributed by atoms with E-state index in [2.05, 4.69) is 66.0 Å². The monoisotopic (exact) mass is 249 g/mol. The Morgan fingerprint density at radius 2 is 1.84 bits per heavy atom. The van der Waals surface area contributed by atoms with Crippen molar-refractivity contribution in [2.75, 3.05) is 6.54 Å². The van der Waals surface area contributed by atoms with Crippen LogP contribution in [0.25, 0.3) is 6.08 Å². The van der Waals surface area contributed by atoms with E-state index in [1.54, 1.807) is 0 Å². The Bertz CT molecular complexity index is 569. The molecule has 0 heterocycles. The maximum Gasteiger partial charge on any atom is 0.0205 e. The van der Waals surface area contributed by atoms with E-state index in [0.29, 0.717) is 0 Å². The van der Waals surface area contributed by atoms with Gasteiger partial charge >= 0.3 is 0 Å². The van der Waals surface area contributed by atoms with Crippen molar-refractivity contribution in [3.8, 4) is 0 Å². The smallest absolute Gasteiger partial charge is 0.0205 e. The molecule has 0 fully saturated rings. The number of fused-ring (bicyclic) bond motifs is 1. The molecule has 1 aliphatic carbocycles. The van der Waals surface area contributed by atoms with Gasteiger partial charge in [0.15, 0.2) is 0 Å². The van der Waals surface area contributed by atoms with Crippen LogP contribution >= 0.6 is 0 Å². The zero-order valence-electron chi connectivity index (χ0n) is 11.1. The average Bonchev–Trinajstić information content (AvgIpc) is 2.92. The van der Waals surface area contributed by atoms with E-state index in [0.717, 1.165) is 25.9 Å². The van der Waals surface area contributed by atoms with Crippen LogP contribution in [0.2, 0.25) is 0 Å². The molecule has 0 amide bonds. The fourth-order valence-corrected chi connectivity index (χ4v) is 2.52. The fourth-order valence-electron chi connectivity index (χ4n) is 2.52. The van der Waals surface area contributed by atoms with E-state index >= 15 is 0 Å². The van der Waals surface area contributed by atoms with Gasteiger partial charge in [-0.3, -0.25) is 0 Å². The second-order valence-corrected chi connectivity index (χ2v) is 5.05. The number of hydrogen-bond donors (Lipinski definition) is 1. The number of benzene rings is 2. The van der Waals surface area contributed by atoms with Crippen LogP contribution in [0.15, 0.2) is 54.6 Å². The van der Waals surface area contributed by atoms with Gasteiger partial charge in [-0.1, -0.05) is 60.7 Å². The quantitative estimate of drug-likeness (QED) is 0.799. The summed E-state index contributed by atoms with van der Waals surface area (Å²) in [5, 5.41) is 3.50. The minimum Gasteiger partial charge on any atom is -0.312 e. The molecule has 2 aromatic rings. The molecule has 0 aliphatic heterocycles. The van der Waals surface area contributed by atoms with Crippen molar-refractivity contribution in [1.82, 2.24) is 5.32 Å². The first-order valence-electron chi connectivity index (χ1n) is 6.95. The molecule has 19 heavy (non-hydrogen) atoms. The molecule has 3 rings (SSSR count). The van der Waals surface area contributed by atoms with E-state index in [1.807, 2.05) is 0 Å². The summed E-state index contributed by atoms with van der Waals surface area (Å²) < 4.78 is 0. The SMILES string of the molecule is C1=Cc2cc(CCNCc3ccccc3)ccc2C1. The lowest BCUT2D eigenvalue weighted by Gasteiger charge is -2.07. The minimum atomic E-state index is 0.950. The van der Waals surface area contributed by atoms with Crippen LogP contribution in [0.4, 0.5) is 0 Å². The maximum atomic E-state index is 3.50. The first-order valence-corrected chi connectivity index (χ1v) is 6.95. The topological polar surface area (TPSA) is 12.0 Å². The second kappa shape index (κ2) is 5.85. The van der Waals surface area contributed by atoms with Gasteiger partial charge in [0, 0.05) is 6.54 Å². The largest absolute Gasteiger partial charge is 0.312 e. The molecule has 1 N–H and O–H groups in total. The first-order chi connectivity index (χ1) is 9.42. The van der Waals surface area contributed by atoms with Crippen molar-refractivity contribution in [2.45, 2.75) is 19.4 Å². The Balaban J connectivity index is 1.49. The van der Waals surface area contributed by atoms with Crippen LogP contribution in [-0.4, -0.2) is 6.54 Å². The number of nitrogens with one attached hydrogen (secondary N) is 1. The Hall–Kier alpha value is -1.86.